The lowest BCUT2D eigenvalue weighted by Crippen LogP contribution is -2.32. The third-order valence-electron chi connectivity index (χ3n) is 3.97. The van der Waals surface area contributed by atoms with E-state index in [4.69, 9.17) is 4.98 Å². The summed E-state index contributed by atoms with van der Waals surface area (Å²) in [7, 11) is 2.04. The number of benzene rings is 1. The number of likely N-dealkylation sites (N-methyl/N-ethyl adjacent to an activating group) is 1. The Morgan fingerprint density at radius 3 is 2.91 bits per heavy atom. The first kappa shape index (κ1) is 14.8. The van der Waals surface area contributed by atoms with Crippen LogP contribution in [0.25, 0.3) is 10.9 Å². The van der Waals surface area contributed by atoms with Gasteiger partial charge in [0.05, 0.1) is 17.7 Å². The van der Waals surface area contributed by atoms with E-state index in [1.54, 1.807) is 0 Å². The predicted octanol–water partition coefficient (Wildman–Crippen LogP) is 2.16. The molecule has 0 radical (unpaired) electrons. The van der Waals surface area contributed by atoms with Gasteiger partial charge in [0.1, 0.15) is 5.82 Å². The van der Waals surface area contributed by atoms with Crippen LogP contribution in [0.4, 0.5) is 11.5 Å². The van der Waals surface area contributed by atoms with Crippen molar-refractivity contribution in [3.8, 4) is 0 Å². The molecular weight excluding hydrogens is 276 g/mol. The van der Waals surface area contributed by atoms with E-state index in [2.05, 4.69) is 15.5 Å². The van der Waals surface area contributed by atoms with Gasteiger partial charge in [0.2, 0.25) is 5.91 Å². The Bertz CT molecular complexity index is 711. The number of anilines is 2. The molecule has 22 heavy (non-hydrogen) atoms. The van der Waals surface area contributed by atoms with Gasteiger partial charge in [0.15, 0.2) is 0 Å². The van der Waals surface area contributed by atoms with E-state index >= 15 is 0 Å². The molecule has 1 aromatic carbocycles. The molecule has 5 nitrogen and oxygen atoms in total. The van der Waals surface area contributed by atoms with Gasteiger partial charge in [-0.25, -0.2) is 4.98 Å². The highest BCUT2D eigenvalue weighted by Gasteiger charge is 2.24. The van der Waals surface area contributed by atoms with E-state index in [9.17, 15) is 4.79 Å². The summed E-state index contributed by atoms with van der Waals surface area (Å²) >= 11 is 0. The number of carbonyl (C=O) groups is 1. The molecular formula is C17H22N4O. The molecule has 1 aliphatic heterocycles. The summed E-state index contributed by atoms with van der Waals surface area (Å²) in [4.78, 5) is 19.1. The molecule has 0 saturated heterocycles. The number of rotatable bonds is 4. The Kier molecular flexibility index (Phi) is 3.98. The Balaban J connectivity index is 1.99. The SMILES string of the molecule is CC(C)NCC(=O)Nc1c2c(nc3ccccc13)N(C)CC2. The lowest BCUT2D eigenvalue weighted by atomic mass is 10.1. The average Bonchev–Trinajstić information content (AvgIpc) is 2.86. The molecule has 0 atom stereocenters. The second kappa shape index (κ2) is 5.93. The lowest BCUT2D eigenvalue weighted by Gasteiger charge is -2.16. The van der Waals surface area contributed by atoms with E-state index in [0.29, 0.717) is 6.54 Å². The monoisotopic (exact) mass is 298 g/mol. The van der Waals surface area contributed by atoms with Crippen molar-refractivity contribution in [1.29, 1.82) is 0 Å². The van der Waals surface area contributed by atoms with E-state index in [1.807, 2.05) is 45.2 Å². The first-order chi connectivity index (χ1) is 10.6. The zero-order valence-corrected chi connectivity index (χ0v) is 13.3. The van der Waals surface area contributed by atoms with Gasteiger partial charge in [-0.15, -0.1) is 0 Å². The Morgan fingerprint density at radius 1 is 1.36 bits per heavy atom. The topological polar surface area (TPSA) is 57.3 Å². The summed E-state index contributed by atoms with van der Waals surface area (Å²) in [6.07, 6.45) is 0.914. The number of fused-ring (bicyclic) bond motifs is 2. The summed E-state index contributed by atoms with van der Waals surface area (Å²) in [6.45, 7) is 5.31. The summed E-state index contributed by atoms with van der Waals surface area (Å²) in [5.41, 5.74) is 2.97. The molecule has 1 amide bonds. The predicted molar refractivity (Wildman–Crippen MR) is 90.5 cm³/mol. The van der Waals surface area contributed by atoms with E-state index < -0.39 is 0 Å². The number of nitrogens with zero attached hydrogens (tertiary/aromatic N) is 2. The molecule has 2 aromatic rings. The maximum Gasteiger partial charge on any atom is 0.238 e. The fraction of sp³-hybridized carbons (Fsp3) is 0.412. The standard InChI is InChI=1S/C17H22N4O/c1-11(2)18-10-15(22)20-16-12-6-4-5-7-14(12)19-17-13(16)8-9-21(17)3/h4-7,11,18H,8-10H2,1-3H3,(H,19,20,22). The quantitative estimate of drug-likeness (QED) is 0.908. The zero-order chi connectivity index (χ0) is 15.7. The number of pyridine rings is 1. The zero-order valence-electron chi connectivity index (χ0n) is 13.3. The molecule has 5 heteroatoms. The molecule has 1 aliphatic rings. The van der Waals surface area contributed by atoms with Gasteiger partial charge in [-0.3, -0.25) is 4.79 Å². The smallest absolute Gasteiger partial charge is 0.238 e. The maximum absolute atomic E-state index is 12.2. The first-order valence-corrected chi connectivity index (χ1v) is 7.72. The normalized spacial score (nSPS) is 13.7. The van der Waals surface area contributed by atoms with Gasteiger partial charge < -0.3 is 15.5 Å². The second-order valence-electron chi connectivity index (χ2n) is 6.06. The minimum Gasteiger partial charge on any atom is -0.359 e. The number of hydrogen-bond acceptors (Lipinski definition) is 4. The van der Waals surface area contributed by atoms with Crippen molar-refractivity contribution >= 4 is 28.3 Å². The molecule has 0 fully saturated rings. The van der Waals surface area contributed by atoms with Crippen LogP contribution in [0.2, 0.25) is 0 Å². The Labute approximate surface area is 130 Å². The molecule has 2 N–H and O–H groups in total. The van der Waals surface area contributed by atoms with Gasteiger partial charge >= 0.3 is 0 Å². The van der Waals surface area contributed by atoms with Crippen molar-refractivity contribution < 1.29 is 4.79 Å². The Hall–Kier alpha value is -2.14. The number of aromatic nitrogens is 1. The van der Waals surface area contributed by atoms with Crippen LogP contribution in [-0.4, -0.2) is 37.1 Å². The van der Waals surface area contributed by atoms with E-state index in [1.165, 1.54) is 0 Å². The van der Waals surface area contributed by atoms with Crippen LogP contribution in [0.1, 0.15) is 19.4 Å². The largest absolute Gasteiger partial charge is 0.359 e. The van der Waals surface area contributed by atoms with Crippen LogP contribution in [0, 0.1) is 0 Å². The molecule has 0 unspecified atom stereocenters. The summed E-state index contributed by atoms with van der Waals surface area (Å²) in [5.74, 6) is 0.965. The van der Waals surface area contributed by atoms with Gasteiger partial charge in [0, 0.05) is 30.6 Å². The van der Waals surface area contributed by atoms with Crippen molar-refractivity contribution in [2.45, 2.75) is 26.3 Å². The minimum absolute atomic E-state index is 0.0122. The van der Waals surface area contributed by atoms with Crippen LogP contribution in [0.5, 0.6) is 0 Å². The third kappa shape index (κ3) is 2.76. The van der Waals surface area contributed by atoms with Crippen LogP contribution < -0.4 is 15.5 Å². The van der Waals surface area contributed by atoms with Crippen LogP contribution in [0.3, 0.4) is 0 Å². The molecule has 2 heterocycles. The number of hydrogen-bond donors (Lipinski definition) is 2. The molecule has 0 saturated carbocycles. The molecule has 0 spiro atoms. The fourth-order valence-corrected chi connectivity index (χ4v) is 2.80. The molecule has 0 aliphatic carbocycles. The average molecular weight is 298 g/mol. The van der Waals surface area contributed by atoms with Crippen molar-refractivity contribution in [1.82, 2.24) is 10.3 Å². The van der Waals surface area contributed by atoms with Crippen LogP contribution >= 0.6 is 0 Å². The molecule has 1 aromatic heterocycles. The van der Waals surface area contributed by atoms with Crippen molar-refractivity contribution in [3.63, 3.8) is 0 Å². The van der Waals surface area contributed by atoms with E-state index in [-0.39, 0.29) is 11.9 Å². The first-order valence-electron chi connectivity index (χ1n) is 7.72. The van der Waals surface area contributed by atoms with Crippen molar-refractivity contribution in [2.24, 2.45) is 0 Å². The van der Waals surface area contributed by atoms with Gasteiger partial charge in [0.25, 0.3) is 0 Å². The summed E-state index contributed by atoms with van der Waals surface area (Å²) in [6, 6.07) is 8.26. The maximum atomic E-state index is 12.2. The fourth-order valence-electron chi connectivity index (χ4n) is 2.80. The van der Waals surface area contributed by atoms with Gasteiger partial charge in [-0.2, -0.15) is 0 Å². The molecule has 116 valence electrons. The minimum atomic E-state index is -0.0122. The van der Waals surface area contributed by atoms with E-state index in [0.717, 1.165) is 40.9 Å². The molecule has 0 bridgehead atoms. The number of carbonyl (C=O) groups excluding carboxylic acids is 1. The lowest BCUT2D eigenvalue weighted by molar-refractivity contribution is -0.115. The van der Waals surface area contributed by atoms with Crippen molar-refractivity contribution in [3.05, 3.63) is 29.8 Å². The highest BCUT2D eigenvalue weighted by Crippen LogP contribution is 2.36. The van der Waals surface area contributed by atoms with Crippen molar-refractivity contribution in [2.75, 3.05) is 30.4 Å². The summed E-state index contributed by atoms with van der Waals surface area (Å²) < 4.78 is 0. The second-order valence-corrected chi connectivity index (χ2v) is 6.06. The Morgan fingerprint density at radius 2 is 2.14 bits per heavy atom. The third-order valence-corrected chi connectivity index (χ3v) is 3.97. The highest BCUT2D eigenvalue weighted by molar-refractivity contribution is 6.04. The highest BCUT2D eigenvalue weighted by atomic mass is 16.1. The summed E-state index contributed by atoms with van der Waals surface area (Å²) in [5, 5.41) is 7.25. The number of para-hydroxylation sites is 1. The van der Waals surface area contributed by atoms with Gasteiger partial charge in [-0.1, -0.05) is 32.0 Å². The van der Waals surface area contributed by atoms with Gasteiger partial charge in [-0.05, 0) is 12.5 Å². The number of amides is 1. The van der Waals surface area contributed by atoms with Crippen LogP contribution in [-0.2, 0) is 11.2 Å². The van der Waals surface area contributed by atoms with Crippen LogP contribution in [0.15, 0.2) is 24.3 Å². The number of nitrogens with one attached hydrogen (secondary N) is 2. The molecule has 3 rings (SSSR count).